The maximum atomic E-state index is 2.24. The van der Waals surface area contributed by atoms with Crippen molar-refractivity contribution < 1.29 is 0 Å². The van der Waals surface area contributed by atoms with Crippen LogP contribution in [-0.4, -0.2) is 4.57 Å². The number of aryl methyl sites for hydroxylation is 1. The van der Waals surface area contributed by atoms with Crippen molar-refractivity contribution in [2.75, 3.05) is 0 Å². The third-order valence-corrected chi connectivity index (χ3v) is 2.17. The molecule has 1 heterocycles. The van der Waals surface area contributed by atoms with Crippen LogP contribution in [0.4, 0.5) is 0 Å². The molecule has 0 aromatic carbocycles. The second-order valence-corrected chi connectivity index (χ2v) is 4.66. The summed E-state index contributed by atoms with van der Waals surface area (Å²) in [6.07, 6.45) is 4.43. The van der Waals surface area contributed by atoms with Gasteiger partial charge in [0.05, 0.1) is 0 Å². The molecule has 0 saturated heterocycles. The Morgan fingerprint density at radius 2 is 1.85 bits per heavy atom. The minimum atomic E-state index is 0.262. The number of hydrogen-bond donors (Lipinski definition) is 0. The van der Waals surface area contributed by atoms with Gasteiger partial charge in [0, 0.05) is 18.4 Å². The van der Waals surface area contributed by atoms with Crippen LogP contribution in [0.3, 0.4) is 0 Å². The van der Waals surface area contributed by atoms with Gasteiger partial charge in [-0.2, -0.15) is 0 Å². The molecule has 0 N–H and O–H groups in total. The van der Waals surface area contributed by atoms with Gasteiger partial charge in [-0.1, -0.05) is 26.8 Å². The van der Waals surface area contributed by atoms with Crippen molar-refractivity contribution in [3.63, 3.8) is 0 Å². The Morgan fingerprint density at radius 1 is 1.23 bits per heavy atom. The van der Waals surface area contributed by atoms with Crippen LogP contribution in [0.25, 0.3) is 6.08 Å². The van der Waals surface area contributed by atoms with E-state index in [4.69, 9.17) is 0 Å². The molecule has 13 heavy (non-hydrogen) atoms. The highest BCUT2D eigenvalue weighted by Gasteiger charge is 2.04. The minimum Gasteiger partial charge on any atom is -0.348 e. The first-order valence-corrected chi connectivity index (χ1v) is 4.72. The zero-order valence-electron chi connectivity index (χ0n) is 9.26. The first-order chi connectivity index (χ1) is 5.90. The SMILES string of the molecule is Cc1ccc(/C=C/C(C)(C)C)n1C. The zero-order chi connectivity index (χ0) is 10.1. The first kappa shape index (κ1) is 10.1. The molecule has 1 heteroatoms. The summed E-state index contributed by atoms with van der Waals surface area (Å²) in [6.45, 7) is 8.74. The van der Waals surface area contributed by atoms with Crippen LogP contribution in [0.15, 0.2) is 18.2 Å². The summed E-state index contributed by atoms with van der Waals surface area (Å²) in [7, 11) is 2.09. The molecule has 0 spiro atoms. The molecule has 0 saturated carbocycles. The zero-order valence-corrected chi connectivity index (χ0v) is 9.26. The van der Waals surface area contributed by atoms with Gasteiger partial charge in [-0.25, -0.2) is 0 Å². The van der Waals surface area contributed by atoms with Crippen LogP contribution >= 0.6 is 0 Å². The van der Waals surface area contributed by atoms with Gasteiger partial charge in [0.15, 0.2) is 0 Å². The van der Waals surface area contributed by atoms with E-state index in [0.717, 1.165) is 0 Å². The lowest BCUT2D eigenvalue weighted by Crippen LogP contribution is -1.99. The Kier molecular flexibility index (Phi) is 2.65. The predicted octanol–water partition coefficient (Wildman–Crippen LogP) is 3.39. The average molecular weight is 177 g/mol. The maximum Gasteiger partial charge on any atom is 0.0403 e. The summed E-state index contributed by atoms with van der Waals surface area (Å²) in [5.41, 5.74) is 2.83. The fraction of sp³-hybridized carbons (Fsp3) is 0.500. The van der Waals surface area contributed by atoms with Gasteiger partial charge in [0.25, 0.3) is 0 Å². The van der Waals surface area contributed by atoms with Crippen molar-refractivity contribution in [2.45, 2.75) is 27.7 Å². The Labute approximate surface area is 81.1 Å². The van der Waals surface area contributed by atoms with Crippen LogP contribution in [0.5, 0.6) is 0 Å². The Hall–Kier alpha value is -0.980. The van der Waals surface area contributed by atoms with E-state index in [-0.39, 0.29) is 5.41 Å². The minimum absolute atomic E-state index is 0.262. The topological polar surface area (TPSA) is 4.93 Å². The summed E-state index contributed by atoms with van der Waals surface area (Å²) in [5.74, 6) is 0. The number of aromatic nitrogens is 1. The van der Waals surface area contributed by atoms with Gasteiger partial charge in [0.2, 0.25) is 0 Å². The van der Waals surface area contributed by atoms with E-state index in [9.17, 15) is 0 Å². The van der Waals surface area contributed by atoms with Gasteiger partial charge < -0.3 is 4.57 Å². The standard InChI is InChI=1S/C12H19N/c1-10-6-7-11(13(10)5)8-9-12(2,3)4/h6-9H,1-5H3/b9-8+. The molecule has 1 nitrogen and oxygen atoms in total. The molecule has 1 aromatic heterocycles. The molecule has 0 atom stereocenters. The quantitative estimate of drug-likeness (QED) is 0.619. The second-order valence-electron chi connectivity index (χ2n) is 4.66. The van der Waals surface area contributed by atoms with E-state index in [0.29, 0.717) is 0 Å². The summed E-state index contributed by atoms with van der Waals surface area (Å²) < 4.78 is 2.20. The van der Waals surface area contributed by atoms with Crippen molar-refractivity contribution in [1.82, 2.24) is 4.57 Å². The second kappa shape index (κ2) is 3.41. The summed E-state index contributed by atoms with van der Waals surface area (Å²) in [4.78, 5) is 0. The molecule has 0 radical (unpaired) electrons. The monoisotopic (exact) mass is 177 g/mol. The molecule has 0 unspecified atom stereocenters. The van der Waals surface area contributed by atoms with Gasteiger partial charge >= 0.3 is 0 Å². The van der Waals surface area contributed by atoms with Gasteiger partial charge in [-0.05, 0) is 30.5 Å². The number of nitrogens with zero attached hydrogens (tertiary/aromatic N) is 1. The van der Waals surface area contributed by atoms with Crippen molar-refractivity contribution >= 4 is 6.08 Å². The summed E-state index contributed by atoms with van der Waals surface area (Å²) in [6, 6.07) is 4.29. The molecule has 0 aliphatic carbocycles. The van der Waals surface area contributed by atoms with Crippen molar-refractivity contribution in [1.29, 1.82) is 0 Å². The summed E-state index contributed by atoms with van der Waals surface area (Å²) in [5, 5.41) is 0. The Morgan fingerprint density at radius 3 is 2.23 bits per heavy atom. The fourth-order valence-corrected chi connectivity index (χ4v) is 1.14. The van der Waals surface area contributed by atoms with E-state index < -0.39 is 0 Å². The van der Waals surface area contributed by atoms with E-state index >= 15 is 0 Å². The Bertz CT molecular complexity index is 310. The lowest BCUT2D eigenvalue weighted by atomic mass is 9.96. The normalized spacial score (nSPS) is 12.7. The lowest BCUT2D eigenvalue weighted by molar-refractivity contribution is 0.547. The number of allylic oxidation sites excluding steroid dienone is 1. The van der Waals surface area contributed by atoms with E-state index in [2.05, 4.69) is 63.6 Å². The molecule has 0 aliphatic heterocycles. The molecule has 1 rings (SSSR count). The van der Waals surface area contributed by atoms with Crippen molar-refractivity contribution in [2.24, 2.45) is 12.5 Å². The maximum absolute atomic E-state index is 2.24. The number of hydrogen-bond acceptors (Lipinski definition) is 0. The van der Waals surface area contributed by atoms with Crippen LogP contribution < -0.4 is 0 Å². The molecular weight excluding hydrogens is 158 g/mol. The van der Waals surface area contributed by atoms with Crippen molar-refractivity contribution in [3.8, 4) is 0 Å². The van der Waals surface area contributed by atoms with E-state index in [1.54, 1.807) is 0 Å². The van der Waals surface area contributed by atoms with E-state index in [1.807, 2.05) is 0 Å². The molecule has 72 valence electrons. The number of rotatable bonds is 1. The van der Waals surface area contributed by atoms with Crippen LogP contribution in [0.1, 0.15) is 32.2 Å². The summed E-state index contributed by atoms with van der Waals surface area (Å²) >= 11 is 0. The van der Waals surface area contributed by atoms with Crippen LogP contribution in [0, 0.1) is 12.3 Å². The highest BCUT2D eigenvalue weighted by Crippen LogP contribution is 2.17. The van der Waals surface area contributed by atoms with Crippen LogP contribution in [-0.2, 0) is 7.05 Å². The third kappa shape index (κ3) is 2.76. The third-order valence-electron chi connectivity index (χ3n) is 2.17. The molecule has 1 aromatic rings. The Balaban J connectivity index is 2.87. The molecular formula is C12H19N. The molecule has 0 aliphatic rings. The first-order valence-electron chi connectivity index (χ1n) is 4.72. The smallest absolute Gasteiger partial charge is 0.0403 e. The average Bonchev–Trinajstić information content (AvgIpc) is 2.29. The van der Waals surface area contributed by atoms with E-state index in [1.165, 1.54) is 11.4 Å². The van der Waals surface area contributed by atoms with Gasteiger partial charge in [-0.15, -0.1) is 0 Å². The lowest BCUT2D eigenvalue weighted by Gasteiger charge is -2.11. The van der Waals surface area contributed by atoms with Crippen LogP contribution in [0.2, 0.25) is 0 Å². The highest BCUT2D eigenvalue weighted by atomic mass is 14.9. The predicted molar refractivity (Wildman–Crippen MR) is 58.6 cm³/mol. The molecule has 0 bridgehead atoms. The van der Waals surface area contributed by atoms with Crippen molar-refractivity contribution in [3.05, 3.63) is 29.6 Å². The van der Waals surface area contributed by atoms with Gasteiger partial charge in [-0.3, -0.25) is 0 Å². The van der Waals surface area contributed by atoms with Gasteiger partial charge in [0.1, 0.15) is 0 Å². The molecule has 0 fully saturated rings. The highest BCUT2D eigenvalue weighted by molar-refractivity contribution is 5.47. The largest absolute Gasteiger partial charge is 0.348 e. The molecule has 0 amide bonds. The fourth-order valence-electron chi connectivity index (χ4n) is 1.14.